The largest absolute Gasteiger partial charge is 0.268 e. The van der Waals surface area contributed by atoms with Gasteiger partial charge in [-0.15, -0.1) is 10.2 Å². The van der Waals surface area contributed by atoms with Crippen molar-refractivity contribution in [2.75, 3.05) is 0 Å². The van der Waals surface area contributed by atoms with Gasteiger partial charge in [0.25, 0.3) is 22.2 Å². The summed E-state index contributed by atoms with van der Waals surface area (Å²) in [4.78, 5) is 78.3. The fourth-order valence-corrected chi connectivity index (χ4v) is 16.9. The molecule has 0 fully saturated rings. The van der Waals surface area contributed by atoms with E-state index in [0.29, 0.717) is 66.2 Å². The second-order valence-corrected chi connectivity index (χ2v) is 29.3. The molecule has 548 valence electrons. The Hall–Kier alpha value is -16.3. The molecule has 0 aliphatic carbocycles. The molecular formula is C102H61N11O4. The minimum absolute atomic E-state index is 0.147. The molecule has 15 heteroatoms. The summed E-state index contributed by atoms with van der Waals surface area (Å²) in [7, 11) is 0. The molecule has 0 bridgehead atoms. The number of hydrogen-bond acceptors (Lipinski definition) is 10. The first-order valence-corrected chi connectivity index (χ1v) is 38.5. The van der Waals surface area contributed by atoms with Crippen LogP contribution in [0.15, 0.2) is 390 Å². The summed E-state index contributed by atoms with van der Waals surface area (Å²) in [6.45, 7) is 0. The number of nitrogens with zero attached hydrogens (tertiary/aromatic N) is 11. The van der Waals surface area contributed by atoms with Crippen molar-refractivity contribution in [3.63, 3.8) is 0 Å². The van der Waals surface area contributed by atoms with Crippen LogP contribution in [0.1, 0.15) is 0 Å². The minimum atomic E-state index is -0.147. The number of para-hydroxylation sites is 4. The summed E-state index contributed by atoms with van der Waals surface area (Å²) in [5.41, 5.74) is 26.4. The lowest BCUT2D eigenvalue weighted by atomic mass is 9.82. The van der Waals surface area contributed by atoms with Crippen molar-refractivity contribution in [3.8, 4) is 128 Å². The Kier molecular flexibility index (Phi) is 15.8. The predicted molar refractivity (Wildman–Crippen MR) is 469 cm³/mol. The van der Waals surface area contributed by atoms with E-state index < -0.39 is 0 Å². The van der Waals surface area contributed by atoms with Gasteiger partial charge in [-0.2, -0.15) is 4.80 Å². The maximum Gasteiger partial charge on any atom is 0.265 e. The monoisotopic (exact) mass is 1500 g/mol. The molecule has 22 aromatic rings. The molecule has 0 unspecified atom stereocenters. The summed E-state index contributed by atoms with van der Waals surface area (Å²) in [5, 5.41) is 12.0. The zero-order chi connectivity index (χ0) is 77.9. The first-order valence-electron chi connectivity index (χ1n) is 38.5. The summed E-state index contributed by atoms with van der Waals surface area (Å²) in [6.07, 6.45) is 7.28. The molecule has 13 aromatic carbocycles. The smallest absolute Gasteiger partial charge is 0.265 e. The third kappa shape index (κ3) is 11.6. The molecule has 15 nitrogen and oxygen atoms in total. The Morgan fingerprint density at radius 2 is 0.419 bits per heavy atom. The Balaban J connectivity index is 0.793. The van der Waals surface area contributed by atoms with E-state index in [4.69, 9.17) is 30.1 Å². The van der Waals surface area contributed by atoms with Gasteiger partial charge in [-0.25, -0.2) is 19.9 Å². The zero-order valence-corrected chi connectivity index (χ0v) is 62.3. The van der Waals surface area contributed by atoms with E-state index >= 15 is 0 Å². The molecule has 0 saturated heterocycles. The zero-order valence-electron chi connectivity index (χ0n) is 62.3. The summed E-state index contributed by atoms with van der Waals surface area (Å²) < 4.78 is 6.44. The predicted octanol–water partition coefficient (Wildman–Crippen LogP) is 21.4. The van der Waals surface area contributed by atoms with Gasteiger partial charge in [0.1, 0.15) is 33.6 Å². The fraction of sp³-hybridized carbons (Fsp3) is 0. The molecule has 22 rings (SSSR count). The van der Waals surface area contributed by atoms with Gasteiger partial charge >= 0.3 is 0 Å². The van der Waals surface area contributed by atoms with E-state index in [1.165, 1.54) is 0 Å². The first-order chi connectivity index (χ1) is 57.6. The molecule has 0 radical (unpaired) electrons. The van der Waals surface area contributed by atoms with E-state index in [1.54, 1.807) is 22.4 Å². The minimum Gasteiger partial charge on any atom is -0.268 e. The van der Waals surface area contributed by atoms with Crippen LogP contribution >= 0.6 is 0 Å². The molecule has 0 saturated carbocycles. The van der Waals surface area contributed by atoms with E-state index in [1.807, 2.05) is 219 Å². The van der Waals surface area contributed by atoms with Gasteiger partial charge in [0, 0.05) is 24.8 Å². The van der Waals surface area contributed by atoms with Crippen LogP contribution in [0.5, 0.6) is 0 Å². The van der Waals surface area contributed by atoms with Gasteiger partial charge in [0.15, 0.2) is 0 Å². The van der Waals surface area contributed by atoms with Crippen molar-refractivity contribution in [3.05, 3.63) is 412 Å². The molecular weight excluding hydrogens is 1440 g/mol. The Morgan fingerprint density at radius 1 is 0.188 bits per heavy atom. The Labute approximate surface area is 665 Å². The maximum absolute atomic E-state index is 14.1. The van der Waals surface area contributed by atoms with Crippen molar-refractivity contribution in [2.24, 2.45) is 0 Å². The molecule has 0 atom stereocenters. The molecule has 9 aromatic heterocycles. The van der Waals surface area contributed by atoms with E-state index in [2.05, 4.69) is 152 Å². The Bertz CT molecular complexity index is 7380. The average Bonchev–Trinajstić information content (AvgIpc) is 1.48. The summed E-state index contributed by atoms with van der Waals surface area (Å²) in [5.74, 6) is 0. The van der Waals surface area contributed by atoms with Crippen molar-refractivity contribution in [1.29, 1.82) is 0 Å². The second kappa shape index (κ2) is 27.3. The van der Waals surface area contributed by atoms with Gasteiger partial charge in [-0.05, 0) is 280 Å². The third-order valence-corrected chi connectivity index (χ3v) is 22.5. The number of benzene rings is 13. The van der Waals surface area contributed by atoms with Crippen LogP contribution in [-0.2, 0) is 0 Å². The lowest BCUT2D eigenvalue weighted by Crippen LogP contribution is -2.14. The highest BCUT2D eigenvalue weighted by molar-refractivity contribution is 6.02. The molecule has 0 aliphatic heterocycles. The first kappa shape index (κ1) is 67.6. The molecule has 0 spiro atoms. The van der Waals surface area contributed by atoms with Gasteiger partial charge in [0.05, 0.1) is 49.3 Å². The van der Waals surface area contributed by atoms with Gasteiger partial charge in [-0.1, -0.05) is 188 Å². The van der Waals surface area contributed by atoms with Crippen LogP contribution < -0.4 is 22.2 Å². The van der Waals surface area contributed by atoms with Crippen LogP contribution in [0.2, 0.25) is 0 Å². The molecule has 0 amide bonds. The van der Waals surface area contributed by atoms with Gasteiger partial charge in [0.2, 0.25) is 0 Å². The molecule has 0 N–H and O–H groups in total. The third-order valence-electron chi connectivity index (χ3n) is 22.5. The van der Waals surface area contributed by atoms with Crippen LogP contribution in [-0.4, -0.2) is 52.5 Å². The van der Waals surface area contributed by atoms with Crippen LogP contribution in [0.4, 0.5) is 0 Å². The lowest BCUT2D eigenvalue weighted by molar-refractivity contribution is 0.766. The van der Waals surface area contributed by atoms with Crippen LogP contribution in [0, 0.1) is 0 Å². The molecule has 0 aliphatic rings. The summed E-state index contributed by atoms with van der Waals surface area (Å²) in [6, 6.07) is 116. The standard InChI is InChI=1S/C102H61N11O4/c114-99-84-28-9-13-34-88(84)103-94-58-63(44-48-109(94)99)74-20-1-5-24-78(74)67-52-68(79-25-6-2-21-75(79)64-45-49-110-95(59-64)104-89-35-14-10-29-85(89)100(110)115)55-71(54-67)82-32-19-33-83(98(82)62-40-42-73(43-41-62)113-107-92-38-17-18-39-93(92)108-113)72-56-69(80-26-7-3-22-76(80)65-46-50-111-96(60-65)105-90-36-15-11-30-86(90)101(111)116)53-70(57-72)81-27-8-4-23-77(81)66-47-51-112-97(61-66)106-91-37-16-12-31-87(91)102(112)117/h1-61H. The van der Waals surface area contributed by atoms with E-state index in [9.17, 15) is 19.2 Å². The SMILES string of the molecule is O=c1c2ccccc2nc2cc(-c3ccccc3-c3cc(-c4ccccc4-c4ccn5c(=O)c6ccccc6nc5c4)cc(-c4cccc(-c5cc(-c6ccccc6-c6ccn7c(=O)c8ccccc8nc7c6)cc(-c6ccccc6-c6ccn7c(=O)c8ccccc8nc7c6)c5)c4-c4ccc(-n5nc6ccccc6n5)cc4)c3)ccn12. The number of fused-ring (bicyclic) bond motifs is 9. The van der Waals surface area contributed by atoms with Crippen molar-refractivity contribution < 1.29 is 0 Å². The number of rotatable bonds is 12. The lowest BCUT2D eigenvalue weighted by Gasteiger charge is -2.21. The second-order valence-electron chi connectivity index (χ2n) is 29.3. The fourth-order valence-electron chi connectivity index (χ4n) is 16.9. The Morgan fingerprint density at radius 3 is 0.701 bits per heavy atom. The molecule has 9 heterocycles. The van der Waals surface area contributed by atoms with Crippen molar-refractivity contribution in [1.82, 2.24) is 52.5 Å². The number of pyridine rings is 4. The van der Waals surface area contributed by atoms with E-state index in [0.717, 1.165) is 139 Å². The average molecular weight is 1500 g/mol. The topological polar surface area (TPSA) is 168 Å². The summed E-state index contributed by atoms with van der Waals surface area (Å²) >= 11 is 0. The molecule has 117 heavy (non-hydrogen) atoms. The van der Waals surface area contributed by atoms with Crippen LogP contribution in [0.3, 0.4) is 0 Å². The quantitative estimate of drug-likeness (QED) is 0.107. The number of hydrogen-bond donors (Lipinski definition) is 0. The van der Waals surface area contributed by atoms with E-state index in [-0.39, 0.29) is 22.2 Å². The normalized spacial score (nSPS) is 11.7. The van der Waals surface area contributed by atoms with Crippen LogP contribution in [0.25, 0.3) is 205 Å². The van der Waals surface area contributed by atoms with Crippen molar-refractivity contribution >= 4 is 77.2 Å². The van der Waals surface area contributed by atoms with Gasteiger partial charge < -0.3 is 0 Å². The highest BCUT2D eigenvalue weighted by Crippen LogP contribution is 2.48. The van der Waals surface area contributed by atoms with Gasteiger partial charge in [-0.3, -0.25) is 36.8 Å². The maximum atomic E-state index is 14.1. The highest BCUT2D eigenvalue weighted by Gasteiger charge is 2.24. The highest BCUT2D eigenvalue weighted by atomic mass is 16.1. The number of aromatic nitrogens is 11. The van der Waals surface area contributed by atoms with Crippen molar-refractivity contribution in [2.45, 2.75) is 0 Å².